The second kappa shape index (κ2) is 8.83. The van der Waals surface area contributed by atoms with Crippen molar-refractivity contribution in [2.24, 2.45) is 0 Å². The first-order valence-corrected chi connectivity index (χ1v) is 11.6. The SMILES string of the molecule is CC(C)(C)OC(=O)N1CCN(S(=O)(=O)N2CCC(N3CCOCC3)CC2)CC1. The first-order valence-electron chi connectivity index (χ1n) is 10.2. The van der Waals surface area contributed by atoms with Crippen molar-refractivity contribution in [2.75, 3.05) is 65.6 Å². The van der Waals surface area contributed by atoms with Crippen LogP contribution in [0.2, 0.25) is 0 Å². The zero-order valence-corrected chi connectivity index (χ0v) is 18.1. The third-order valence-electron chi connectivity index (χ3n) is 5.53. The van der Waals surface area contributed by atoms with Gasteiger partial charge in [0, 0.05) is 58.4 Å². The number of nitrogens with zero attached hydrogens (tertiary/aromatic N) is 4. The highest BCUT2D eigenvalue weighted by Crippen LogP contribution is 2.22. The van der Waals surface area contributed by atoms with Gasteiger partial charge in [-0.05, 0) is 33.6 Å². The summed E-state index contributed by atoms with van der Waals surface area (Å²) in [5.41, 5.74) is -0.550. The zero-order chi connectivity index (χ0) is 20.4. The molecule has 0 saturated carbocycles. The lowest BCUT2D eigenvalue weighted by atomic mass is 10.0. The Hall–Kier alpha value is -0.940. The van der Waals surface area contributed by atoms with Crippen LogP contribution in [0, 0.1) is 0 Å². The summed E-state index contributed by atoms with van der Waals surface area (Å²) in [4.78, 5) is 16.2. The van der Waals surface area contributed by atoms with Crippen LogP contribution in [0.5, 0.6) is 0 Å². The van der Waals surface area contributed by atoms with Crippen molar-refractivity contribution in [3.8, 4) is 0 Å². The topological polar surface area (TPSA) is 82.6 Å². The molecular formula is C18H34N4O5S. The Kier molecular flexibility index (Phi) is 6.86. The normalized spacial score (nSPS) is 25.0. The Bertz CT molecular complexity index is 629. The number of rotatable bonds is 3. The van der Waals surface area contributed by atoms with Gasteiger partial charge >= 0.3 is 6.09 Å². The molecule has 0 aliphatic carbocycles. The Morgan fingerprint density at radius 1 is 0.893 bits per heavy atom. The maximum absolute atomic E-state index is 13.0. The van der Waals surface area contributed by atoms with Crippen LogP contribution in [0.15, 0.2) is 0 Å². The van der Waals surface area contributed by atoms with Crippen molar-refractivity contribution < 1.29 is 22.7 Å². The number of hydrogen-bond donors (Lipinski definition) is 0. The summed E-state index contributed by atoms with van der Waals surface area (Å²) in [5, 5.41) is 0. The van der Waals surface area contributed by atoms with Crippen LogP contribution < -0.4 is 0 Å². The number of amides is 1. The molecule has 9 nitrogen and oxygen atoms in total. The molecule has 3 heterocycles. The quantitative estimate of drug-likeness (QED) is 0.667. The van der Waals surface area contributed by atoms with E-state index in [1.807, 2.05) is 20.8 Å². The summed E-state index contributed by atoms with van der Waals surface area (Å²) in [7, 11) is -3.48. The molecule has 28 heavy (non-hydrogen) atoms. The molecule has 0 aromatic rings. The Balaban J connectivity index is 1.48. The van der Waals surface area contributed by atoms with E-state index in [0.29, 0.717) is 45.3 Å². The second-order valence-electron chi connectivity index (χ2n) is 8.65. The van der Waals surface area contributed by atoms with Gasteiger partial charge in [0.25, 0.3) is 10.2 Å². The van der Waals surface area contributed by atoms with Gasteiger partial charge in [0.2, 0.25) is 0 Å². The molecule has 0 atom stereocenters. The number of carbonyl (C=O) groups excluding carboxylic acids is 1. The highest BCUT2D eigenvalue weighted by atomic mass is 32.2. The van der Waals surface area contributed by atoms with Crippen LogP contribution >= 0.6 is 0 Å². The Labute approximate surface area is 168 Å². The van der Waals surface area contributed by atoms with E-state index >= 15 is 0 Å². The number of carbonyl (C=O) groups is 1. The van der Waals surface area contributed by atoms with Gasteiger partial charge in [-0.3, -0.25) is 4.90 Å². The molecule has 0 spiro atoms. The molecule has 0 bridgehead atoms. The molecule has 162 valence electrons. The standard InChI is InChI=1S/C18H34N4O5S/c1-18(2,3)27-17(23)20-8-10-22(11-9-20)28(24,25)21-6-4-16(5-7-21)19-12-14-26-15-13-19/h16H,4-15H2,1-3H3. The van der Waals surface area contributed by atoms with Gasteiger partial charge in [-0.25, -0.2) is 4.79 Å². The lowest BCUT2D eigenvalue weighted by Gasteiger charge is -2.42. The molecule has 0 unspecified atom stereocenters. The predicted molar refractivity (Wildman–Crippen MR) is 105 cm³/mol. The molecule has 0 aromatic heterocycles. The Morgan fingerprint density at radius 3 is 1.96 bits per heavy atom. The largest absolute Gasteiger partial charge is 0.444 e. The Morgan fingerprint density at radius 2 is 1.43 bits per heavy atom. The van der Waals surface area contributed by atoms with Crippen LogP contribution in [0.1, 0.15) is 33.6 Å². The van der Waals surface area contributed by atoms with Gasteiger partial charge in [0.05, 0.1) is 13.2 Å². The maximum atomic E-state index is 13.0. The van der Waals surface area contributed by atoms with Crippen LogP contribution in [-0.2, 0) is 19.7 Å². The fourth-order valence-electron chi connectivity index (χ4n) is 3.97. The maximum Gasteiger partial charge on any atom is 0.410 e. The fourth-order valence-corrected chi connectivity index (χ4v) is 5.60. The predicted octanol–water partition coefficient (Wildman–Crippen LogP) is 0.581. The van der Waals surface area contributed by atoms with Crippen LogP contribution in [0.4, 0.5) is 4.79 Å². The van der Waals surface area contributed by atoms with Crippen molar-refractivity contribution >= 4 is 16.3 Å². The van der Waals surface area contributed by atoms with Gasteiger partial charge in [-0.15, -0.1) is 0 Å². The van der Waals surface area contributed by atoms with E-state index in [-0.39, 0.29) is 6.09 Å². The molecule has 0 aromatic carbocycles. The minimum atomic E-state index is -3.48. The summed E-state index contributed by atoms with van der Waals surface area (Å²) in [6, 6.07) is 0.444. The number of hydrogen-bond acceptors (Lipinski definition) is 6. The minimum absolute atomic E-state index is 0.310. The third-order valence-corrected chi connectivity index (χ3v) is 7.56. The molecule has 3 rings (SSSR count). The van der Waals surface area contributed by atoms with Crippen molar-refractivity contribution in [1.82, 2.24) is 18.4 Å². The summed E-state index contributed by atoms with van der Waals surface area (Å²) in [6.45, 7) is 11.3. The molecule has 0 N–H and O–H groups in total. The number of piperidine rings is 1. The molecule has 10 heteroatoms. The van der Waals surface area contributed by atoms with Crippen molar-refractivity contribution in [3.05, 3.63) is 0 Å². The van der Waals surface area contributed by atoms with E-state index in [2.05, 4.69) is 4.90 Å². The van der Waals surface area contributed by atoms with E-state index in [4.69, 9.17) is 9.47 Å². The molecule has 3 aliphatic heterocycles. The van der Waals surface area contributed by atoms with Gasteiger partial charge in [0.15, 0.2) is 0 Å². The van der Waals surface area contributed by atoms with E-state index in [9.17, 15) is 13.2 Å². The van der Waals surface area contributed by atoms with E-state index in [1.165, 1.54) is 4.31 Å². The highest BCUT2D eigenvalue weighted by Gasteiger charge is 2.37. The summed E-state index contributed by atoms with van der Waals surface area (Å²) < 4.78 is 39.9. The van der Waals surface area contributed by atoms with Gasteiger partial charge in [-0.1, -0.05) is 0 Å². The fraction of sp³-hybridized carbons (Fsp3) is 0.944. The van der Waals surface area contributed by atoms with Crippen LogP contribution in [0.25, 0.3) is 0 Å². The number of morpholine rings is 1. The van der Waals surface area contributed by atoms with Gasteiger partial charge < -0.3 is 14.4 Å². The first kappa shape index (κ1) is 21.8. The molecule has 3 saturated heterocycles. The molecule has 3 aliphatic rings. The summed E-state index contributed by atoms with van der Waals surface area (Å²) in [5.74, 6) is 0. The third kappa shape index (κ3) is 5.35. The van der Waals surface area contributed by atoms with Crippen LogP contribution in [0.3, 0.4) is 0 Å². The highest BCUT2D eigenvalue weighted by molar-refractivity contribution is 7.86. The number of ether oxygens (including phenoxy) is 2. The molecule has 0 radical (unpaired) electrons. The molecule has 3 fully saturated rings. The monoisotopic (exact) mass is 418 g/mol. The van der Waals surface area contributed by atoms with E-state index in [0.717, 1.165) is 39.1 Å². The van der Waals surface area contributed by atoms with Crippen LogP contribution in [-0.4, -0.2) is 110 Å². The molecular weight excluding hydrogens is 384 g/mol. The van der Waals surface area contributed by atoms with Gasteiger partial charge in [-0.2, -0.15) is 17.0 Å². The average molecular weight is 419 g/mol. The lowest BCUT2D eigenvalue weighted by molar-refractivity contribution is 0.00550. The van der Waals surface area contributed by atoms with E-state index < -0.39 is 15.8 Å². The first-order chi connectivity index (χ1) is 13.2. The zero-order valence-electron chi connectivity index (χ0n) is 17.3. The van der Waals surface area contributed by atoms with Crippen molar-refractivity contribution in [1.29, 1.82) is 0 Å². The average Bonchev–Trinajstić information content (AvgIpc) is 2.67. The van der Waals surface area contributed by atoms with E-state index in [1.54, 1.807) is 9.21 Å². The van der Waals surface area contributed by atoms with Gasteiger partial charge in [0.1, 0.15) is 5.60 Å². The minimum Gasteiger partial charge on any atom is -0.444 e. The summed E-state index contributed by atoms with van der Waals surface area (Å²) >= 11 is 0. The molecule has 1 amide bonds. The second-order valence-corrected chi connectivity index (χ2v) is 10.6. The summed E-state index contributed by atoms with van der Waals surface area (Å²) in [6.07, 6.45) is 1.34. The number of piperazine rings is 1. The van der Waals surface area contributed by atoms with Crippen molar-refractivity contribution in [2.45, 2.75) is 45.3 Å². The lowest BCUT2D eigenvalue weighted by Crippen LogP contribution is -2.57. The van der Waals surface area contributed by atoms with Crippen molar-refractivity contribution in [3.63, 3.8) is 0 Å². The smallest absolute Gasteiger partial charge is 0.410 e.